The van der Waals surface area contributed by atoms with Crippen LogP contribution in [0.2, 0.25) is 0 Å². The molecular weight excluding hydrogens is 324 g/mol. The molecule has 0 saturated carbocycles. The van der Waals surface area contributed by atoms with Gasteiger partial charge in [-0.3, -0.25) is 10.1 Å². The fourth-order valence-electron chi connectivity index (χ4n) is 2.82. The first-order valence-corrected chi connectivity index (χ1v) is 7.02. The molecule has 1 aromatic rings. The van der Waals surface area contributed by atoms with Crippen LogP contribution in [-0.2, 0) is 15.3 Å². The highest BCUT2D eigenvalue weighted by atomic mass is 16.7. The molecule has 1 aliphatic heterocycles. The summed E-state index contributed by atoms with van der Waals surface area (Å²) >= 11 is 0. The van der Waals surface area contributed by atoms with Crippen molar-refractivity contribution in [3.63, 3.8) is 0 Å². The van der Waals surface area contributed by atoms with Gasteiger partial charge in [0.1, 0.15) is 19.8 Å². The summed E-state index contributed by atoms with van der Waals surface area (Å²) in [5.41, 5.74) is -3.11. The van der Waals surface area contributed by atoms with Crippen LogP contribution in [0.15, 0.2) is 30.3 Å². The minimum absolute atomic E-state index is 0.152. The molecule has 0 aromatic heterocycles. The van der Waals surface area contributed by atoms with Gasteiger partial charge in [0, 0.05) is 5.56 Å². The molecule has 1 aliphatic rings. The average molecular weight is 343 g/mol. The number of hydrogen-bond acceptors (Lipinski definition) is 9. The lowest BCUT2D eigenvalue weighted by atomic mass is 9.80. The van der Waals surface area contributed by atoms with Crippen molar-refractivity contribution < 1.29 is 36.3 Å². The lowest BCUT2D eigenvalue weighted by molar-refractivity contribution is -0.654. The normalized spacial score (nSPS) is 36.8. The van der Waals surface area contributed by atoms with E-state index < -0.39 is 54.1 Å². The second-order valence-corrected chi connectivity index (χ2v) is 5.31. The van der Waals surface area contributed by atoms with E-state index in [-0.39, 0.29) is 5.56 Å². The van der Waals surface area contributed by atoms with Crippen LogP contribution in [-0.4, -0.2) is 68.7 Å². The molecule has 1 heterocycles. The molecule has 0 amide bonds. The third-order valence-corrected chi connectivity index (χ3v) is 4.03. The zero-order chi connectivity index (χ0) is 18.8. The number of hydrogen-bond donors (Lipinski definition) is 5. The maximum absolute atomic E-state index is 11.8. The second-order valence-electron chi connectivity index (χ2n) is 5.31. The Morgan fingerprint density at radius 1 is 1.42 bits per heavy atom. The minimum Gasteiger partial charge on any atom is -0.394 e. The van der Waals surface area contributed by atoms with Gasteiger partial charge in [0.05, 0.1) is 18.1 Å². The van der Waals surface area contributed by atoms with Gasteiger partial charge in [0.2, 0.25) is 0 Å². The standard InChI is InChI=1S/C14H18N2O8/c17-7-6-15-13(16(22)23)12(20)11(19)10(8-18)24-14(13,21)9-4-2-1-3-5-9/h1-5,7,10-12,15,18-21H,6,8H2/t10-,11+,12+,13+,14?/m1/s1/i7D. The predicted molar refractivity (Wildman–Crippen MR) is 78.1 cm³/mol. The summed E-state index contributed by atoms with van der Waals surface area (Å²) in [6, 6.07) is 7.02. The Bertz CT molecular complexity index is 647. The van der Waals surface area contributed by atoms with Crippen molar-refractivity contribution in [2.75, 3.05) is 13.2 Å². The summed E-state index contributed by atoms with van der Waals surface area (Å²) < 4.78 is 12.1. The van der Waals surface area contributed by atoms with E-state index in [1.54, 1.807) is 6.07 Å². The largest absolute Gasteiger partial charge is 0.394 e. The highest BCUT2D eigenvalue weighted by Crippen LogP contribution is 2.43. The monoisotopic (exact) mass is 343 g/mol. The van der Waals surface area contributed by atoms with Gasteiger partial charge < -0.3 is 30.0 Å². The van der Waals surface area contributed by atoms with Crippen LogP contribution in [0.3, 0.4) is 0 Å². The number of nitro groups is 1. The van der Waals surface area contributed by atoms with Gasteiger partial charge >= 0.3 is 5.66 Å². The van der Waals surface area contributed by atoms with Gasteiger partial charge in [-0.1, -0.05) is 30.3 Å². The van der Waals surface area contributed by atoms with E-state index in [1.165, 1.54) is 24.3 Å². The van der Waals surface area contributed by atoms with Crippen LogP contribution < -0.4 is 5.32 Å². The van der Waals surface area contributed by atoms with Crippen molar-refractivity contribution in [2.24, 2.45) is 0 Å². The third-order valence-electron chi connectivity index (χ3n) is 4.03. The summed E-state index contributed by atoms with van der Waals surface area (Å²) in [5.74, 6) is -2.85. The van der Waals surface area contributed by atoms with E-state index in [2.05, 4.69) is 0 Å². The van der Waals surface area contributed by atoms with Crippen LogP contribution in [0.25, 0.3) is 0 Å². The van der Waals surface area contributed by atoms with Crippen molar-refractivity contribution in [1.29, 1.82) is 0 Å². The Labute approximate surface area is 137 Å². The number of aldehydes is 1. The number of rotatable bonds is 6. The molecule has 0 spiro atoms. The SMILES string of the molecule is [2H]C(=O)CN[C@]1([N+](=O)[O-])[C@@H](O)[C@@H](O)[C@@H](CO)OC1(O)c1ccccc1. The molecule has 1 aromatic carbocycles. The summed E-state index contributed by atoms with van der Waals surface area (Å²) in [5, 5.41) is 54.7. The maximum atomic E-state index is 11.8. The van der Waals surface area contributed by atoms with Gasteiger partial charge in [-0.25, -0.2) is 5.32 Å². The van der Waals surface area contributed by atoms with Crippen LogP contribution in [0, 0.1) is 10.1 Å². The molecule has 10 nitrogen and oxygen atoms in total. The van der Waals surface area contributed by atoms with Crippen LogP contribution in [0.4, 0.5) is 0 Å². The quantitative estimate of drug-likeness (QED) is 0.165. The third kappa shape index (κ3) is 2.59. The summed E-state index contributed by atoms with van der Waals surface area (Å²) in [4.78, 5) is 21.7. The number of nitrogens with zero attached hydrogens (tertiary/aromatic N) is 1. The molecule has 10 heteroatoms. The first-order chi connectivity index (χ1) is 11.7. The Morgan fingerprint density at radius 2 is 2.04 bits per heavy atom. The fraction of sp³-hybridized carbons (Fsp3) is 0.500. The lowest BCUT2D eigenvalue weighted by Crippen LogP contribution is -2.80. The first kappa shape index (κ1) is 16.9. The number of carbonyl (C=O) groups is 1. The van der Waals surface area contributed by atoms with Gasteiger partial charge in [0.15, 0.2) is 6.10 Å². The van der Waals surface area contributed by atoms with E-state index in [0.717, 1.165) is 0 Å². The molecule has 132 valence electrons. The van der Waals surface area contributed by atoms with Gasteiger partial charge in [-0.05, 0) is 0 Å². The van der Waals surface area contributed by atoms with Gasteiger partial charge in [0.25, 0.3) is 5.79 Å². The summed E-state index contributed by atoms with van der Waals surface area (Å²) in [6.45, 7) is -1.73. The van der Waals surface area contributed by atoms with Crippen LogP contribution in [0.5, 0.6) is 0 Å². The van der Waals surface area contributed by atoms with Crippen molar-refractivity contribution in [3.8, 4) is 0 Å². The number of carbonyl (C=O) groups excluding carboxylic acids is 1. The highest BCUT2D eigenvalue weighted by molar-refractivity contribution is 5.52. The molecule has 0 aliphatic carbocycles. The molecular formula is C14H18N2O8. The molecule has 1 fully saturated rings. The molecule has 1 saturated heterocycles. The van der Waals surface area contributed by atoms with Crippen molar-refractivity contribution in [1.82, 2.24) is 5.32 Å². The zero-order valence-electron chi connectivity index (χ0n) is 13.4. The molecule has 5 N–H and O–H groups in total. The molecule has 24 heavy (non-hydrogen) atoms. The average Bonchev–Trinajstić information content (AvgIpc) is 2.58. The molecule has 0 radical (unpaired) electrons. The number of nitrogens with one attached hydrogen (secondary N) is 1. The topological polar surface area (TPSA) is 162 Å². The summed E-state index contributed by atoms with van der Waals surface area (Å²) in [7, 11) is 0. The zero-order valence-corrected chi connectivity index (χ0v) is 12.4. The fourth-order valence-corrected chi connectivity index (χ4v) is 2.82. The molecule has 1 unspecified atom stereocenters. The predicted octanol–water partition coefficient (Wildman–Crippen LogP) is -2.29. The molecule has 5 atom stereocenters. The smallest absolute Gasteiger partial charge is 0.361 e. The Kier molecular flexibility index (Phi) is 4.85. The Balaban J connectivity index is 2.67. The van der Waals surface area contributed by atoms with Gasteiger partial charge in [-0.2, -0.15) is 0 Å². The van der Waals surface area contributed by atoms with Crippen LogP contribution in [0.1, 0.15) is 6.93 Å². The highest BCUT2D eigenvalue weighted by Gasteiger charge is 2.73. The van der Waals surface area contributed by atoms with E-state index in [4.69, 9.17) is 6.11 Å². The van der Waals surface area contributed by atoms with Crippen molar-refractivity contribution in [3.05, 3.63) is 46.0 Å². The van der Waals surface area contributed by atoms with Crippen molar-refractivity contribution in [2.45, 2.75) is 29.8 Å². The number of benzene rings is 1. The number of ether oxygens (including phenoxy) is 1. The van der Waals surface area contributed by atoms with E-state index in [1.807, 2.05) is 5.32 Å². The van der Waals surface area contributed by atoms with Crippen molar-refractivity contribution >= 4 is 6.26 Å². The Morgan fingerprint density at radius 3 is 2.54 bits per heavy atom. The van der Waals surface area contributed by atoms with Gasteiger partial charge in [-0.15, -0.1) is 0 Å². The summed E-state index contributed by atoms with van der Waals surface area (Å²) in [6.07, 6.45) is -6.98. The maximum Gasteiger partial charge on any atom is 0.361 e. The lowest BCUT2D eigenvalue weighted by Gasteiger charge is -2.49. The Hall–Kier alpha value is -1.95. The van der Waals surface area contributed by atoms with E-state index in [0.29, 0.717) is 0 Å². The molecule has 0 bridgehead atoms. The first-order valence-electron chi connectivity index (χ1n) is 7.52. The minimum atomic E-state index is -2.96. The van der Waals surface area contributed by atoms with E-state index in [9.17, 15) is 35.3 Å². The van der Waals surface area contributed by atoms with E-state index >= 15 is 0 Å². The number of aliphatic hydroxyl groups excluding tert-OH is 3. The van der Waals surface area contributed by atoms with Crippen LogP contribution >= 0.6 is 0 Å². The number of aliphatic hydroxyl groups is 4. The molecule has 2 rings (SSSR count). The second kappa shape index (κ2) is 6.89.